The number of rotatable bonds is 1. The molecule has 1 aliphatic carbocycles. The number of para-hydroxylation sites is 1. The van der Waals surface area contributed by atoms with Gasteiger partial charge in [-0.15, -0.1) is 0 Å². The standard InChI is InChI=1S/C15H17NO.C2H6/c1-16-10-14(11-6-8-12(17)9-7-11)13-4-2-3-5-15(13)16;1-2/h2-5,10-11H,6-9H2,1H3;1-2H3. The summed E-state index contributed by atoms with van der Waals surface area (Å²) in [5, 5.41) is 1.36. The summed E-state index contributed by atoms with van der Waals surface area (Å²) in [6, 6.07) is 8.53. The van der Waals surface area contributed by atoms with Crippen molar-refractivity contribution in [1.29, 1.82) is 0 Å². The molecule has 0 spiro atoms. The van der Waals surface area contributed by atoms with Crippen molar-refractivity contribution in [3.63, 3.8) is 0 Å². The maximum atomic E-state index is 11.3. The fraction of sp³-hybridized carbons (Fsp3) is 0.471. The maximum Gasteiger partial charge on any atom is 0.132 e. The van der Waals surface area contributed by atoms with E-state index in [0.717, 1.165) is 25.7 Å². The molecule has 0 aliphatic heterocycles. The van der Waals surface area contributed by atoms with Crippen molar-refractivity contribution in [2.24, 2.45) is 7.05 Å². The molecule has 0 radical (unpaired) electrons. The van der Waals surface area contributed by atoms with Crippen LogP contribution >= 0.6 is 0 Å². The maximum absolute atomic E-state index is 11.3. The number of Topliss-reactive ketones (excluding diaryl/α,β-unsaturated/α-hetero) is 1. The summed E-state index contributed by atoms with van der Waals surface area (Å²) in [6.45, 7) is 4.00. The van der Waals surface area contributed by atoms with E-state index in [9.17, 15) is 4.79 Å². The number of carbonyl (C=O) groups excluding carboxylic acids is 1. The minimum absolute atomic E-state index is 0.432. The second kappa shape index (κ2) is 6.05. The summed E-state index contributed by atoms with van der Waals surface area (Å²) in [7, 11) is 2.10. The SMILES string of the molecule is CC.Cn1cc(C2CCC(=O)CC2)c2ccccc21. The van der Waals surface area contributed by atoms with Gasteiger partial charge in [-0.2, -0.15) is 0 Å². The van der Waals surface area contributed by atoms with Gasteiger partial charge in [-0.05, 0) is 30.4 Å². The van der Waals surface area contributed by atoms with Crippen molar-refractivity contribution in [2.45, 2.75) is 45.4 Å². The first-order valence-electron chi connectivity index (χ1n) is 7.31. The highest BCUT2D eigenvalue weighted by Crippen LogP contribution is 2.35. The van der Waals surface area contributed by atoms with Gasteiger partial charge in [-0.1, -0.05) is 32.0 Å². The van der Waals surface area contributed by atoms with E-state index in [-0.39, 0.29) is 0 Å². The molecular weight excluding hydrogens is 234 g/mol. The van der Waals surface area contributed by atoms with Crippen molar-refractivity contribution in [1.82, 2.24) is 4.57 Å². The first-order chi connectivity index (χ1) is 9.25. The van der Waals surface area contributed by atoms with E-state index >= 15 is 0 Å². The zero-order valence-corrected chi connectivity index (χ0v) is 12.1. The van der Waals surface area contributed by atoms with Gasteiger partial charge < -0.3 is 4.57 Å². The van der Waals surface area contributed by atoms with Crippen LogP contribution < -0.4 is 0 Å². The number of hydrogen-bond acceptors (Lipinski definition) is 1. The van der Waals surface area contributed by atoms with Crippen LogP contribution in [0.5, 0.6) is 0 Å². The van der Waals surface area contributed by atoms with Crippen molar-refractivity contribution in [2.75, 3.05) is 0 Å². The quantitative estimate of drug-likeness (QED) is 0.740. The monoisotopic (exact) mass is 257 g/mol. The van der Waals surface area contributed by atoms with Crippen molar-refractivity contribution >= 4 is 16.7 Å². The molecule has 2 heteroatoms. The molecule has 102 valence electrons. The Balaban J connectivity index is 0.000000637. The van der Waals surface area contributed by atoms with Crippen molar-refractivity contribution < 1.29 is 4.79 Å². The second-order valence-corrected chi connectivity index (χ2v) is 5.03. The van der Waals surface area contributed by atoms with Crippen LogP contribution in [0.2, 0.25) is 0 Å². The van der Waals surface area contributed by atoms with E-state index in [4.69, 9.17) is 0 Å². The Morgan fingerprint density at radius 1 is 1.11 bits per heavy atom. The summed E-state index contributed by atoms with van der Waals surface area (Å²) in [6.07, 6.45) is 5.80. The van der Waals surface area contributed by atoms with Gasteiger partial charge in [0, 0.05) is 37.0 Å². The van der Waals surface area contributed by atoms with Gasteiger partial charge in [-0.25, -0.2) is 0 Å². The highest BCUT2D eigenvalue weighted by molar-refractivity contribution is 5.85. The Hall–Kier alpha value is -1.57. The number of fused-ring (bicyclic) bond motifs is 1. The fourth-order valence-corrected chi connectivity index (χ4v) is 2.95. The number of ketones is 1. The lowest BCUT2D eigenvalue weighted by molar-refractivity contribution is -0.120. The van der Waals surface area contributed by atoms with E-state index < -0.39 is 0 Å². The number of benzene rings is 1. The number of aromatic nitrogens is 1. The topological polar surface area (TPSA) is 22.0 Å². The van der Waals surface area contributed by atoms with Crippen molar-refractivity contribution in [3.05, 3.63) is 36.0 Å². The fourth-order valence-electron chi connectivity index (χ4n) is 2.95. The van der Waals surface area contributed by atoms with Gasteiger partial charge in [0.1, 0.15) is 5.78 Å². The van der Waals surface area contributed by atoms with Gasteiger partial charge >= 0.3 is 0 Å². The molecular formula is C17H23NO. The van der Waals surface area contributed by atoms with Crippen LogP contribution in [0.25, 0.3) is 10.9 Å². The van der Waals surface area contributed by atoms with Crippen LogP contribution in [0, 0.1) is 0 Å². The second-order valence-electron chi connectivity index (χ2n) is 5.03. The molecule has 0 saturated heterocycles. The molecule has 0 unspecified atom stereocenters. The lowest BCUT2D eigenvalue weighted by Gasteiger charge is -2.20. The molecule has 1 fully saturated rings. The molecule has 0 amide bonds. The molecule has 1 heterocycles. The van der Waals surface area contributed by atoms with Crippen LogP contribution in [-0.4, -0.2) is 10.4 Å². The molecule has 0 N–H and O–H groups in total. The highest BCUT2D eigenvalue weighted by atomic mass is 16.1. The van der Waals surface area contributed by atoms with Gasteiger partial charge in [0.05, 0.1) is 0 Å². The van der Waals surface area contributed by atoms with Crippen LogP contribution in [0.3, 0.4) is 0 Å². The van der Waals surface area contributed by atoms with E-state index in [1.54, 1.807) is 0 Å². The van der Waals surface area contributed by atoms with Crippen LogP contribution in [0.1, 0.15) is 51.0 Å². The summed E-state index contributed by atoms with van der Waals surface area (Å²) < 4.78 is 2.20. The lowest BCUT2D eigenvalue weighted by atomic mass is 9.83. The predicted octanol–water partition coefficient (Wildman–Crippen LogP) is 4.43. The van der Waals surface area contributed by atoms with Gasteiger partial charge in [-0.3, -0.25) is 4.79 Å². The van der Waals surface area contributed by atoms with E-state index in [1.807, 2.05) is 13.8 Å². The Kier molecular flexibility index (Phi) is 4.41. The van der Waals surface area contributed by atoms with Gasteiger partial charge in [0.15, 0.2) is 0 Å². The van der Waals surface area contributed by atoms with E-state index in [0.29, 0.717) is 11.7 Å². The van der Waals surface area contributed by atoms with Crippen LogP contribution in [-0.2, 0) is 11.8 Å². The molecule has 1 saturated carbocycles. The third-order valence-electron chi connectivity index (χ3n) is 3.91. The lowest BCUT2D eigenvalue weighted by Crippen LogP contribution is -2.12. The zero-order chi connectivity index (χ0) is 13.8. The molecule has 0 bridgehead atoms. The molecule has 2 nitrogen and oxygen atoms in total. The van der Waals surface area contributed by atoms with Crippen molar-refractivity contribution in [3.8, 4) is 0 Å². The average molecular weight is 257 g/mol. The van der Waals surface area contributed by atoms with Crippen LogP contribution in [0.15, 0.2) is 30.5 Å². The number of hydrogen-bond donors (Lipinski definition) is 0. The number of aryl methyl sites for hydroxylation is 1. The Labute approximate surface area is 115 Å². The summed E-state index contributed by atoms with van der Waals surface area (Å²) in [5.41, 5.74) is 2.72. The first kappa shape index (κ1) is 13.9. The predicted molar refractivity (Wildman–Crippen MR) is 80.5 cm³/mol. The summed E-state index contributed by atoms with van der Waals surface area (Å²) >= 11 is 0. The molecule has 1 aliphatic rings. The highest BCUT2D eigenvalue weighted by Gasteiger charge is 2.22. The molecule has 1 aromatic heterocycles. The normalized spacial score (nSPS) is 16.3. The minimum Gasteiger partial charge on any atom is -0.350 e. The number of carbonyl (C=O) groups is 1. The van der Waals surface area contributed by atoms with Crippen LogP contribution in [0.4, 0.5) is 0 Å². The minimum atomic E-state index is 0.432. The molecule has 1 aromatic carbocycles. The Morgan fingerprint density at radius 2 is 1.74 bits per heavy atom. The molecule has 3 rings (SSSR count). The van der Waals surface area contributed by atoms with Gasteiger partial charge in [0.2, 0.25) is 0 Å². The zero-order valence-electron chi connectivity index (χ0n) is 12.1. The smallest absolute Gasteiger partial charge is 0.132 e. The Bertz CT molecular complexity index is 558. The third-order valence-corrected chi connectivity index (χ3v) is 3.91. The summed E-state index contributed by atoms with van der Waals surface area (Å²) in [5.74, 6) is 1.00. The van der Waals surface area contributed by atoms with E-state index in [2.05, 4.69) is 42.1 Å². The van der Waals surface area contributed by atoms with Gasteiger partial charge in [0.25, 0.3) is 0 Å². The third kappa shape index (κ3) is 2.73. The number of nitrogens with zero attached hydrogens (tertiary/aromatic N) is 1. The Morgan fingerprint density at radius 3 is 2.42 bits per heavy atom. The molecule has 0 atom stereocenters. The molecule has 19 heavy (non-hydrogen) atoms. The summed E-state index contributed by atoms with van der Waals surface area (Å²) in [4.78, 5) is 11.3. The largest absolute Gasteiger partial charge is 0.350 e. The van der Waals surface area contributed by atoms with E-state index in [1.165, 1.54) is 16.5 Å². The average Bonchev–Trinajstić information content (AvgIpc) is 2.80. The molecule has 2 aromatic rings. The first-order valence-corrected chi connectivity index (χ1v) is 7.31.